The Balaban J connectivity index is 2.09. The number of rotatable bonds is 7. The molecule has 0 saturated carbocycles. The van der Waals surface area contributed by atoms with Gasteiger partial charge >= 0.3 is 12.1 Å². The van der Waals surface area contributed by atoms with Crippen LogP contribution < -0.4 is 10.6 Å². The van der Waals surface area contributed by atoms with Gasteiger partial charge in [0, 0.05) is 23.3 Å². The minimum Gasteiger partial charge on any atom is -0.478 e. The van der Waals surface area contributed by atoms with Crippen LogP contribution in [0.4, 0.5) is 4.79 Å². The number of ether oxygens (including phenoxy) is 1. The third kappa shape index (κ3) is 7.67. The Morgan fingerprint density at radius 3 is 2.62 bits per heavy atom. The van der Waals surface area contributed by atoms with Gasteiger partial charge in [0.15, 0.2) is 0 Å². The fourth-order valence-electron chi connectivity index (χ4n) is 1.52. The number of carbonyl (C=O) groups excluding carboxylic acids is 1. The van der Waals surface area contributed by atoms with Gasteiger partial charge in [-0.2, -0.15) is 0 Å². The number of thiophene rings is 1. The van der Waals surface area contributed by atoms with Crippen LogP contribution in [0.25, 0.3) is 0 Å². The summed E-state index contributed by atoms with van der Waals surface area (Å²) in [4.78, 5) is 23.1. The fourth-order valence-corrected chi connectivity index (χ4v) is 2.34. The highest BCUT2D eigenvalue weighted by atomic mass is 32.1. The quantitative estimate of drug-likeness (QED) is 0.673. The highest BCUT2D eigenvalue weighted by Crippen LogP contribution is 2.14. The molecule has 1 amide bonds. The Labute approximate surface area is 128 Å². The molecule has 0 aromatic carbocycles. The lowest BCUT2D eigenvalue weighted by atomic mass is 10.2. The summed E-state index contributed by atoms with van der Waals surface area (Å²) in [7, 11) is 0. The number of carboxylic acids is 1. The Kier molecular flexibility index (Phi) is 6.64. The number of hydrogen-bond donors (Lipinski definition) is 3. The monoisotopic (exact) mass is 314 g/mol. The molecule has 0 saturated heterocycles. The van der Waals surface area contributed by atoms with Crippen molar-refractivity contribution in [3.8, 4) is 0 Å². The first-order valence-corrected chi connectivity index (χ1v) is 7.64. The minimum atomic E-state index is -0.904. The Hall–Kier alpha value is -1.60. The molecule has 21 heavy (non-hydrogen) atoms. The van der Waals surface area contributed by atoms with Gasteiger partial charge in [-0.1, -0.05) is 0 Å². The smallest absolute Gasteiger partial charge is 0.407 e. The highest BCUT2D eigenvalue weighted by molar-refractivity contribution is 7.10. The van der Waals surface area contributed by atoms with Crippen LogP contribution in [0.5, 0.6) is 0 Å². The number of aromatic carboxylic acids is 1. The lowest BCUT2D eigenvalue weighted by Crippen LogP contribution is -2.33. The van der Waals surface area contributed by atoms with Crippen LogP contribution in [0.15, 0.2) is 11.4 Å². The third-order valence-electron chi connectivity index (χ3n) is 2.40. The van der Waals surface area contributed by atoms with Gasteiger partial charge in [-0.05, 0) is 39.8 Å². The first-order chi connectivity index (χ1) is 9.78. The summed E-state index contributed by atoms with van der Waals surface area (Å²) < 4.78 is 5.11. The molecule has 1 rings (SSSR count). The van der Waals surface area contributed by atoms with Gasteiger partial charge < -0.3 is 20.5 Å². The van der Waals surface area contributed by atoms with Crippen LogP contribution in [0.2, 0.25) is 0 Å². The summed E-state index contributed by atoms with van der Waals surface area (Å²) in [5.41, 5.74) is -0.160. The predicted octanol–water partition coefficient (Wildman–Crippen LogP) is 2.45. The lowest BCUT2D eigenvalue weighted by Gasteiger charge is -2.19. The predicted molar refractivity (Wildman–Crippen MR) is 81.8 cm³/mol. The first kappa shape index (κ1) is 17.5. The minimum absolute atomic E-state index is 0.323. The molecule has 118 valence electrons. The normalized spacial score (nSPS) is 11.2. The summed E-state index contributed by atoms with van der Waals surface area (Å²) in [6.45, 7) is 7.36. The lowest BCUT2D eigenvalue weighted by molar-refractivity contribution is 0.0526. The second-order valence-electron chi connectivity index (χ2n) is 5.57. The molecule has 0 aliphatic carbocycles. The van der Waals surface area contributed by atoms with Crippen molar-refractivity contribution in [2.24, 2.45) is 0 Å². The van der Waals surface area contributed by atoms with Crippen LogP contribution in [-0.4, -0.2) is 35.9 Å². The van der Waals surface area contributed by atoms with Gasteiger partial charge in [-0.25, -0.2) is 9.59 Å². The average Bonchev–Trinajstić information content (AvgIpc) is 2.80. The fraction of sp³-hybridized carbons (Fsp3) is 0.571. The second-order valence-corrected chi connectivity index (χ2v) is 6.56. The summed E-state index contributed by atoms with van der Waals surface area (Å²) in [6.07, 6.45) is 0.364. The standard InChI is InChI=1S/C14H22N2O4S/c1-14(2,3)20-13(19)16-6-4-5-15-8-11-7-10(9-21-11)12(17)18/h7,9,15H,4-6,8H2,1-3H3,(H,16,19)(H,17,18). The molecule has 1 heterocycles. The number of nitrogens with one attached hydrogen (secondary N) is 2. The molecule has 7 heteroatoms. The van der Waals surface area contributed by atoms with Crippen LogP contribution in [0.3, 0.4) is 0 Å². The summed E-state index contributed by atoms with van der Waals surface area (Å²) in [5.74, 6) is -0.904. The maximum atomic E-state index is 11.4. The summed E-state index contributed by atoms with van der Waals surface area (Å²) in [6, 6.07) is 1.67. The van der Waals surface area contributed by atoms with Crippen LogP contribution in [0.1, 0.15) is 42.4 Å². The number of hydrogen-bond acceptors (Lipinski definition) is 5. The SMILES string of the molecule is CC(C)(C)OC(=O)NCCCNCc1cc(C(=O)O)cs1. The zero-order valence-electron chi connectivity index (χ0n) is 12.6. The molecule has 0 fully saturated rings. The van der Waals surface area contributed by atoms with Crippen molar-refractivity contribution in [1.29, 1.82) is 0 Å². The largest absolute Gasteiger partial charge is 0.478 e. The molecule has 1 aromatic rings. The van der Waals surface area contributed by atoms with Crippen molar-refractivity contribution < 1.29 is 19.4 Å². The molecular weight excluding hydrogens is 292 g/mol. The molecule has 0 atom stereocenters. The zero-order valence-corrected chi connectivity index (χ0v) is 13.4. The van der Waals surface area contributed by atoms with E-state index in [1.165, 1.54) is 11.3 Å². The maximum absolute atomic E-state index is 11.4. The van der Waals surface area contributed by atoms with E-state index in [0.717, 1.165) is 17.8 Å². The van der Waals surface area contributed by atoms with Crippen molar-refractivity contribution in [3.63, 3.8) is 0 Å². The molecule has 0 aliphatic rings. The number of carbonyl (C=O) groups is 2. The van der Waals surface area contributed by atoms with Crippen molar-refractivity contribution >= 4 is 23.4 Å². The van der Waals surface area contributed by atoms with E-state index in [0.29, 0.717) is 18.7 Å². The van der Waals surface area contributed by atoms with Crippen LogP contribution >= 0.6 is 11.3 Å². The van der Waals surface area contributed by atoms with Crippen molar-refractivity contribution in [1.82, 2.24) is 10.6 Å². The van der Waals surface area contributed by atoms with Crippen molar-refractivity contribution in [2.75, 3.05) is 13.1 Å². The number of alkyl carbamates (subject to hydrolysis) is 1. The summed E-state index contributed by atoms with van der Waals surface area (Å²) in [5, 5.41) is 16.3. The number of carboxylic acid groups (broad SMARTS) is 1. The Morgan fingerprint density at radius 1 is 1.33 bits per heavy atom. The van der Waals surface area contributed by atoms with Gasteiger partial charge in [-0.15, -0.1) is 11.3 Å². The maximum Gasteiger partial charge on any atom is 0.407 e. The molecule has 3 N–H and O–H groups in total. The van der Waals surface area contributed by atoms with Crippen LogP contribution in [-0.2, 0) is 11.3 Å². The molecule has 0 aliphatic heterocycles. The summed E-state index contributed by atoms with van der Waals surface area (Å²) >= 11 is 1.42. The molecular formula is C14H22N2O4S. The van der Waals surface area contributed by atoms with E-state index >= 15 is 0 Å². The van der Waals surface area contributed by atoms with E-state index in [1.807, 2.05) is 20.8 Å². The van der Waals surface area contributed by atoms with E-state index in [-0.39, 0.29) is 0 Å². The first-order valence-electron chi connectivity index (χ1n) is 6.76. The van der Waals surface area contributed by atoms with Gasteiger partial charge in [0.05, 0.1) is 5.56 Å². The van der Waals surface area contributed by atoms with Gasteiger partial charge in [0.25, 0.3) is 0 Å². The second kappa shape index (κ2) is 7.99. The molecule has 1 aromatic heterocycles. The van der Waals surface area contributed by atoms with Crippen molar-refractivity contribution in [3.05, 3.63) is 21.9 Å². The van der Waals surface area contributed by atoms with Gasteiger partial charge in [-0.3, -0.25) is 0 Å². The molecule has 0 radical (unpaired) electrons. The van der Waals surface area contributed by atoms with Crippen LogP contribution in [0, 0.1) is 0 Å². The van der Waals surface area contributed by atoms with E-state index < -0.39 is 17.7 Å². The molecule has 0 spiro atoms. The van der Waals surface area contributed by atoms with Crippen molar-refractivity contribution in [2.45, 2.75) is 39.3 Å². The Morgan fingerprint density at radius 2 is 2.05 bits per heavy atom. The van der Waals surface area contributed by atoms with E-state index in [9.17, 15) is 9.59 Å². The Bertz CT molecular complexity index is 480. The van der Waals surface area contributed by atoms with E-state index in [1.54, 1.807) is 11.4 Å². The molecule has 0 unspecified atom stereocenters. The van der Waals surface area contributed by atoms with E-state index in [2.05, 4.69) is 10.6 Å². The van der Waals surface area contributed by atoms with Gasteiger partial charge in [0.1, 0.15) is 5.60 Å². The van der Waals surface area contributed by atoms with Gasteiger partial charge in [0.2, 0.25) is 0 Å². The molecule has 6 nitrogen and oxygen atoms in total. The highest BCUT2D eigenvalue weighted by Gasteiger charge is 2.15. The topological polar surface area (TPSA) is 87.7 Å². The average molecular weight is 314 g/mol. The third-order valence-corrected chi connectivity index (χ3v) is 3.34. The zero-order chi connectivity index (χ0) is 15.9. The molecule has 0 bridgehead atoms. The number of amides is 1. The van der Waals surface area contributed by atoms with E-state index in [4.69, 9.17) is 9.84 Å².